The lowest BCUT2D eigenvalue weighted by atomic mass is 10.1. The van der Waals surface area contributed by atoms with Crippen LogP contribution in [0.2, 0.25) is 0 Å². The Kier molecular flexibility index (Phi) is 5.06. The van der Waals surface area contributed by atoms with Crippen molar-refractivity contribution in [3.63, 3.8) is 0 Å². The van der Waals surface area contributed by atoms with E-state index in [9.17, 15) is 8.42 Å². The van der Waals surface area contributed by atoms with Crippen LogP contribution in [0.3, 0.4) is 0 Å². The number of aromatic nitrogens is 3. The van der Waals surface area contributed by atoms with Crippen molar-refractivity contribution in [1.82, 2.24) is 19.2 Å². The van der Waals surface area contributed by atoms with E-state index in [4.69, 9.17) is 17.3 Å². The van der Waals surface area contributed by atoms with Gasteiger partial charge in [0.1, 0.15) is 5.82 Å². The molecular formula is C17H24N4O2S3. The fraction of sp³-hybridized carbons (Fsp3) is 0.647. The van der Waals surface area contributed by atoms with Gasteiger partial charge in [-0.25, -0.2) is 13.1 Å². The van der Waals surface area contributed by atoms with E-state index in [1.54, 1.807) is 0 Å². The van der Waals surface area contributed by atoms with Gasteiger partial charge >= 0.3 is 0 Å². The first-order valence-corrected chi connectivity index (χ1v) is 12.1. The van der Waals surface area contributed by atoms with Crippen LogP contribution < -0.4 is 0 Å². The molecule has 2 aliphatic rings. The average molecular weight is 413 g/mol. The quantitative estimate of drug-likeness (QED) is 0.707. The Bertz CT molecular complexity index is 930. The van der Waals surface area contributed by atoms with Gasteiger partial charge in [-0.2, -0.15) is 5.10 Å². The van der Waals surface area contributed by atoms with E-state index < -0.39 is 9.84 Å². The molecule has 142 valence electrons. The third-order valence-electron chi connectivity index (χ3n) is 5.48. The topological polar surface area (TPSA) is 60.1 Å². The SMILES string of the molecule is Cn1c(C[C@@H]2CCS(=O)(=O)C2)nn(CN2CCC[C@@H]2c2cccs2)c1=S. The van der Waals surface area contributed by atoms with Crippen molar-refractivity contribution >= 4 is 33.4 Å². The maximum absolute atomic E-state index is 11.7. The molecule has 0 N–H and O–H groups in total. The second-order valence-electron chi connectivity index (χ2n) is 7.36. The molecule has 26 heavy (non-hydrogen) atoms. The predicted octanol–water partition coefficient (Wildman–Crippen LogP) is 2.78. The normalized spacial score (nSPS) is 25.9. The lowest BCUT2D eigenvalue weighted by Crippen LogP contribution is -2.26. The zero-order valence-corrected chi connectivity index (χ0v) is 17.3. The third-order valence-corrected chi connectivity index (χ3v) is 8.78. The Labute approximate surface area is 163 Å². The molecule has 0 spiro atoms. The van der Waals surface area contributed by atoms with Crippen molar-refractivity contribution in [2.45, 2.75) is 38.4 Å². The van der Waals surface area contributed by atoms with Gasteiger partial charge in [0.05, 0.1) is 18.2 Å². The minimum absolute atomic E-state index is 0.162. The molecule has 2 atom stereocenters. The number of rotatable bonds is 5. The van der Waals surface area contributed by atoms with Gasteiger partial charge in [0, 0.05) is 30.9 Å². The molecule has 2 fully saturated rings. The van der Waals surface area contributed by atoms with Gasteiger partial charge in [0.15, 0.2) is 14.6 Å². The van der Waals surface area contributed by atoms with E-state index in [1.807, 2.05) is 27.6 Å². The van der Waals surface area contributed by atoms with Gasteiger partial charge in [0.2, 0.25) is 0 Å². The highest BCUT2D eigenvalue weighted by atomic mass is 32.2. The maximum atomic E-state index is 11.7. The van der Waals surface area contributed by atoms with Crippen molar-refractivity contribution in [1.29, 1.82) is 0 Å². The number of sulfone groups is 1. The highest BCUT2D eigenvalue weighted by Gasteiger charge is 2.30. The molecule has 0 aliphatic carbocycles. The largest absolute Gasteiger partial charge is 0.307 e. The van der Waals surface area contributed by atoms with Crippen LogP contribution in [0.5, 0.6) is 0 Å². The standard InChI is InChI=1S/C17H24N4O2S3/c1-19-16(10-13-6-9-26(22,23)11-13)18-21(17(19)24)12-20-7-2-4-14(20)15-5-3-8-25-15/h3,5,8,13-14H,2,4,6-7,9-12H2,1H3/t13-,14+/m0/s1. The fourth-order valence-corrected chi connectivity index (χ4v) is 7.03. The van der Waals surface area contributed by atoms with E-state index >= 15 is 0 Å². The second kappa shape index (κ2) is 7.18. The number of nitrogens with zero attached hydrogens (tertiary/aromatic N) is 4. The Morgan fingerprint density at radius 2 is 2.23 bits per heavy atom. The van der Waals surface area contributed by atoms with Gasteiger partial charge < -0.3 is 4.57 Å². The van der Waals surface area contributed by atoms with Crippen LogP contribution in [0.4, 0.5) is 0 Å². The van der Waals surface area contributed by atoms with Crippen LogP contribution >= 0.6 is 23.6 Å². The first-order chi connectivity index (χ1) is 12.4. The minimum Gasteiger partial charge on any atom is -0.307 e. The number of likely N-dealkylation sites (tertiary alicyclic amines) is 1. The molecule has 4 rings (SSSR count). The summed E-state index contributed by atoms with van der Waals surface area (Å²) in [5, 5.41) is 6.87. The maximum Gasteiger partial charge on any atom is 0.198 e. The molecule has 2 saturated heterocycles. The van der Waals surface area contributed by atoms with Crippen LogP contribution in [0, 0.1) is 10.7 Å². The number of hydrogen-bond acceptors (Lipinski definition) is 6. The smallest absolute Gasteiger partial charge is 0.198 e. The summed E-state index contributed by atoms with van der Waals surface area (Å²) in [4.78, 5) is 3.85. The molecule has 4 heterocycles. The second-order valence-corrected chi connectivity index (χ2v) is 10.9. The highest BCUT2D eigenvalue weighted by Crippen LogP contribution is 2.34. The van der Waals surface area contributed by atoms with Gasteiger partial charge in [-0.15, -0.1) is 11.3 Å². The van der Waals surface area contributed by atoms with Crippen molar-refractivity contribution < 1.29 is 8.42 Å². The van der Waals surface area contributed by atoms with E-state index in [-0.39, 0.29) is 11.7 Å². The van der Waals surface area contributed by atoms with Crippen LogP contribution in [0.1, 0.15) is 36.0 Å². The number of thiophene rings is 1. The molecule has 0 saturated carbocycles. The summed E-state index contributed by atoms with van der Waals surface area (Å²) in [5.41, 5.74) is 0. The predicted molar refractivity (Wildman–Crippen MR) is 105 cm³/mol. The van der Waals surface area contributed by atoms with E-state index in [0.717, 1.165) is 18.8 Å². The molecule has 2 aromatic heterocycles. The molecule has 0 amide bonds. The van der Waals surface area contributed by atoms with Crippen molar-refractivity contribution in [3.8, 4) is 0 Å². The zero-order valence-electron chi connectivity index (χ0n) is 14.9. The van der Waals surface area contributed by atoms with Crippen molar-refractivity contribution in [2.75, 3.05) is 18.1 Å². The first-order valence-electron chi connectivity index (χ1n) is 9.03. The zero-order chi connectivity index (χ0) is 18.3. The van der Waals surface area contributed by atoms with E-state index in [1.165, 1.54) is 17.7 Å². The van der Waals surface area contributed by atoms with Gasteiger partial charge in [-0.05, 0) is 48.8 Å². The fourth-order valence-electron chi connectivity index (χ4n) is 4.06. The Morgan fingerprint density at radius 3 is 2.92 bits per heavy atom. The number of hydrogen-bond donors (Lipinski definition) is 0. The molecule has 0 unspecified atom stereocenters. The summed E-state index contributed by atoms with van der Waals surface area (Å²) in [5.74, 6) is 1.64. The van der Waals surface area contributed by atoms with Gasteiger partial charge in [-0.3, -0.25) is 4.90 Å². The van der Waals surface area contributed by atoms with Crippen LogP contribution in [-0.4, -0.2) is 45.7 Å². The first kappa shape index (κ1) is 18.3. The van der Waals surface area contributed by atoms with Crippen molar-refractivity contribution in [2.24, 2.45) is 13.0 Å². The summed E-state index contributed by atoms with van der Waals surface area (Å²) < 4.78 is 28.0. The van der Waals surface area contributed by atoms with E-state index in [0.29, 0.717) is 29.7 Å². The molecule has 0 bridgehead atoms. The molecular weight excluding hydrogens is 388 g/mol. The molecule has 0 aromatic carbocycles. The Hall–Kier alpha value is -1.03. The third kappa shape index (κ3) is 3.67. The monoisotopic (exact) mass is 412 g/mol. The van der Waals surface area contributed by atoms with Gasteiger partial charge in [0.25, 0.3) is 0 Å². The van der Waals surface area contributed by atoms with E-state index in [2.05, 4.69) is 22.4 Å². The molecule has 2 aliphatic heterocycles. The Balaban J connectivity index is 1.50. The summed E-state index contributed by atoms with van der Waals surface area (Å²) >= 11 is 7.40. The lowest BCUT2D eigenvalue weighted by Gasteiger charge is -2.23. The summed E-state index contributed by atoms with van der Waals surface area (Å²) in [6, 6.07) is 4.76. The molecule has 0 radical (unpaired) electrons. The average Bonchev–Trinajstić information content (AvgIpc) is 3.35. The minimum atomic E-state index is -2.86. The summed E-state index contributed by atoms with van der Waals surface area (Å²) in [6.45, 7) is 1.75. The van der Waals surface area contributed by atoms with Crippen molar-refractivity contribution in [3.05, 3.63) is 33.0 Å². The van der Waals surface area contributed by atoms with Crippen LogP contribution in [0.25, 0.3) is 0 Å². The highest BCUT2D eigenvalue weighted by molar-refractivity contribution is 7.91. The molecule has 6 nitrogen and oxygen atoms in total. The summed E-state index contributed by atoms with van der Waals surface area (Å²) in [7, 11) is -0.924. The lowest BCUT2D eigenvalue weighted by molar-refractivity contribution is 0.191. The molecule has 2 aromatic rings. The summed E-state index contributed by atoms with van der Waals surface area (Å²) in [6.07, 6.45) is 3.78. The molecule has 9 heteroatoms. The van der Waals surface area contributed by atoms with Crippen LogP contribution in [-0.2, 0) is 30.0 Å². The van der Waals surface area contributed by atoms with Crippen LogP contribution in [0.15, 0.2) is 17.5 Å². The Morgan fingerprint density at radius 1 is 1.38 bits per heavy atom. The van der Waals surface area contributed by atoms with Gasteiger partial charge in [-0.1, -0.05) is 6.07 Å².